The fourth-order valence-electron chi connectivity index (χ4n) is 1.93. The maximum Gasteiger partial charge on any atom is 0.267 e. The third-order valence-corrected chi connectivity index (χ3v) is 2.86. The maximum atomic E-state index is 11.3. The molecule has 0 atom stereocenters. The van der Waals surface area contributed by atoms with Crippen LogP contribution in [0.1, 0.15) is 16.2 Å². The molecule has 6 nitrogen and oxygen atoms in total. The number of amides is 1. The van der Waals surface area contributed by atoms with Gasteiger partial charge < -0.3 is 20.9 Å². The number of hydrogen-bond acceptors (Lipinski definition) is 5. The third-order valence-electron chi connectivity index (χ3n) is 2.86. The summed E-state index contributed by atoms with van der Waals surface area (Å²) in [6.07, 6.45) is 0. The number of rotatable bonds is 4. The predicted octanol–water partition coefficient (Wildman–Crippen LogP) is 0.810. The topological polar surface area (TPSA) is 100 Å². The summed E-state index contributed by atoms with van der Waals surface area (Å²) in [6.45, 7) is 0.201. The van der Waals surface area contributed by atoms with Crippen LogP contribution in [0.4, 0.5) is 0 Å². The quantitative estimate of drug-likeness (QED) is 0.848. The molecule has 1 aromatic carbocycles. The number of carbonyl (C=O) groups excluding carboxylic acids is 1. The van der Waals surface area contributed by atoms with E-state index in [1.165, 1.54) is 0 Å². The highest BCUT2D eigenvalue weighted by atomic mass is 16.5. The lowest BCUT2D eigenvalue weighted by Gasteiger charge is -2.11. The van der Waals surface area contributed by atoms with Crippen LogP contribution in [0, 0.1) is 0 Å². The molecule has 1 heterocycles. The van der Waals surface area contributed by atoms with E-state index in [1.54, 1.807) is 32.4 Å². The second kappa shape index (κ2) is 5.11. The molecule has 19 heavy (non-hydrogen) atoms. The summed E-state index contributed by atoms with van der Waals surface area (Å²) in [5.74, 6) is 0.560. The number of pyridine rings is 1. The molecular formula is C13H15N3O3. The summed E-state index contributed by atoms with van der Waals surface area (Å²) in [5, 5.41) is 1.59. The van der Waals surface area contributed by atoms with Crippen molar-refractivity contribution in [3.8, 4) is 11.5 Å². The van der Waals surface area contributed by atoms with Gasteiger partial charge in [0.05, 0.1) is 19.9 Å². The van der Waals surface area contributed by atoms with Gasteiger partial charge in [0.2, 0.25) is 0 Å². The fourth-order valence-corrected chi connectivity index (χ4v) is 1.93. The molecule has 0 radical (unpaired) electrons. The zero-order chi connectivity index (χ0) is 14.0. The van der Waals surface area contributed by atoms with Crippen molar-refractivity contribution >= 4 is 16.7 Å². The van der Waals surface area contributed by atoms with E-state index in [0.29, 0.717) is 17.2 Å². The van der Waals surface area contributed by atoms with E-state index >= 15 is 0 Å². The number of hydrogen-bond donors (Lipinski definition) is 2. The van der Waals surface area contributed by atoms with Gasteiger partial charge in [0, 0.05) is 11.9 Å². The van der Waals surface area contributed by atoms with E-state index in [4.69, 9.17) is 20.9 Å². The SMILES string of the molecule is COc1cc2cc(C(N)=O)nc(CN)c2cc1OC. The van der Waals surface area contributed by atoms with Gasteiger partial charge >= 0.3 is 0 Å². The van der Waals surface area contributed by atoms with Crippen LogP contribution in [0.25, 0.3) is 10.8 Å². The van der Waals surface area contributed by atoms with Gasteiger partial charge in [-0.25, -0.2) is 4.98 Å². The number of methoxy groups -OCH3 is 2. The Morgan fingerprint density at radius 1 is 1.21 bits per heavy atom. The number of nitrogens with two attached hydrogens (primary N) is 2. The number of aromatic nitrogens is 1. The second-order valence-corrected chi connectivity index (χ2v) is 3.95. The fraction of sp³-hybridized carbons (Fsp3) is 0.231. The maximum absolute atomic E-state index is 11.3. The molecule has 4 N–H and O–H groups in total. The Hall–Kier alpha value is -2.34. The van der Waals surface area contributed by atoms with Crippen molar-refractivity contribution in [1.29, 1.82) is 0 Å². The molecule has 6 heteroatoms. The Labute approximate surface area is 110 Å². The smallest absolute Gasteiger partial charge is 0.267 e. The minimum Gasteiger partial charge on any atom is -0.493 e. The minimum absolute atomic E-state index is 0.181. The third kappa shape index (κ3) is 2.30. The van der Waals surface area contributed by atoms with Crippen molar-refractivity contribution in [2.24, 2.45) is 11.5 Å². The highest BCUT2D eigenvalue weighted by Gasteiger charge is 2.13. The molecule has 0 spiro atoms. The number of carbonyl (C=O) groups is 1. The van der Waals surface area contributed by atoms with Crippen molar-refractivity contribution in [3.63, 3.8) is 0 Å². The van der Waals surface area contributed by atoms with Gasteiger partial charge in [-0.3, -0.25) is 4.79 Å². The summed E-state index contributed by atoms with van der Waals surface area (Å²) in [5.41, 5.74) is 11.7. The van der Waals surface area contributed by atoms with E-state index in [0.717, 1.165) is 10.8 Å². The summed E-state index contributed by atoms with van der Waals surface area (Å²) >= 11 is 0. The lowest BCUT2D eigenvalue weighted by atomic mass is 10.1. The number of benzene rings is 1. The molecule has 0 fully saturated rings. The van der Waals surface area contributed by atoms with Crippen molar-refractivity contribution in [2.75, 3.05) is 14.2 Å². The Kier molecular flexibility index (Phi) is 3.52. The Morgan fingerprint density at radius 2 is 1.84 bits per heavy atom. The first-order valence-electron chi connectivity index (χ1n) is 5.66. The number of nitrogens with zero attached hydrogens (tertiary/aromatic N) is 1. The normalized spacial score (nSPS) is 10.5. The first-order valence-corrected chi connectivity index (χ1v) is 5.66. The zero-order valence-electron chi connectivity index (χ0n) is 10.8. The molecule has 2 aromatic rings. The van der Waals surface area contributed by atoms with E-state index < -0.39 is 5.91 Å². The van der Waals surface area contributed by atoms with E-state index in [9.17, 15) is 4.79 Å². The molecular weight excluding hydrogens is 246 g/mol. The first kappa shape index (κ1) is 13.1. The van der Waals surface area contributed by atoms with Crippen LogP contribution in [-0.2, 0) is 6.54 Å². The Morgan fingerprint density at radius 3 is 2.37 bits per heavy atom. The molecule has 1 amide bonds. The van der Waals surface area contributed by atoms with Gasteiger partial charge in [0.1, 0.15) is 5.69 Å². The summed E-state index contributed by atoms with van der Waals surface area (Å²) in [4.78, 5) is 15.4. The molecule has 0 aliphatic heterocycles. The predicted molar refractivity (Wildman–Crippen MR) is 71.3 cm³/mol. The number of fused-ring (bicyclic) bond motifs is 1. The van der Waals surface area contributed by atoms with Gasteiger partial charge in [-0.15, -0.1) is 0 Å². The molecule has 1 aromatic heterocycles. The van der Waals surface area contributed by atoms with Crippen molar-refractivity contribution in [1.82, 2.24) is 4.98 Å². The van der Waals surface area contributed by atoms with Crippen LogP contribution >= 0.6 is 0 Å². The van der Waals surface area contributed by atoms with Crippen molar-refractivity contribution in [2.45, 2.75) is 6.54 Å². The van der Waals surface area contributed by atoms with E-state index in [-0.39, 0.29) is 12.2 Å². The summed E-state index contributed by atoms with van der Waals surface area (Å²) in [7, 11) is 3.10. The highest BCUT2D eigenvalue weighted by molar-refractivity contribution is 5.97. The zero-order valence-corrected chi connectivity index (χ0v) is 10.8. The number of primary amides is 1. The minimum atomic E-state index is -0.591. The van der Waals surface area contributed by atoms with E-state index in [1.807, 2.05) is 0 Å². The Bertz CT molecular complexity index is 641. The van der Waals surface area contributed by atoms with Crippen LogP contribution in [0.3, 0.4) is 0 Å². The highest BCUT2D eigenvalue weighted by Crippen LogP contribution is 2.33. The molecule has 100 valence electrons. The molecule has 0 aliphatic rings. The lowest BCUT2D eigenvalue weighted by Crippen LogP contribution is -2.15. The largest absolute Gasteiger partial charge is 0.493 e. The standard InChI is InChI=1S/C13H15N3O3/c1-18-11-4-7-3-9(13(15)17)16-10(6-14)8(7)5-12(11)19-2/h3-5H,6,14H2,1-2H3,(H2,15,17). The van der Waals surface area contributed by atoms with Gasteiger partial charge in [0.25, 0.3) is 5.91 Å². The van der Waals surface area contributed by atoms with Crippen LogP contribution < -0.4 is 20.9 Å². The summed E-state index contributed by atoms with van der Waals surface area (Å²) in [6, 6.07) is 5.16. The molecule has 0 saturated heterocycles. The van der Waals surface area contributed by atoms with Gasteiger partial charge in [-0.05, 0) is 23.6 Å². The van der Waals surface area contributed by atoms with Gasteiger partial charge in [0.15, 0.2) is 11.5 Å². The Balaban J connectivity index is 2.78. The lowest BCUT2D eigenvalue weighted by molar-refractivity contribution is 0.0995. The summed E-state index contributed by atoms with van der Waals surface area (Å²) < 4.78 is 10.5. The van der Waals surface area contributed by atoms with E-state index in [2.05, 4.69) is 4.98 Å². The van der Waals surface area contributed by atoms with Crippen molar-refractivity contribution < 1.29 is 14.3 Å². The van der Waals surface area contributed by atoms with Crippen LogP contribution in [0.2, 0.25) is 0 Å². The van der Waals surface area contributed by atoms with Crippen molar-refractivity contribution in [3.05, 3.63) is 29.6 Å². The number of ether oxygens (including phenoxy) is 2. The van der Waals surface area contributed by atoms with Gasteiger partial charge in [-0.1, -0.05) is 0 Å². The molecule has 0 bridgehead atoms. The molecule has 0 saturated carbocycles. The molecule has 0 aliphatic carbocycles. The molecule has 2 rings (SSSR count). The van der Waals surface area contributed by atoms with Crippen LogP contribution in [0.5, 0.6) is 11.5 Å². The average Bonchev–Trinajstić information content (AvgIpc) is 2.44. The second-order valence-electron chi connectivity index (χ2n) is 3.95. The average molecular weight is 261 g/mol. The van der Waals surface area contributed by atoms with Gasteiger partial charge in [-0.2, -0.15) is 0 Å². The molecule has 0 unspecified atom stereocenters. The van der Waals surface area contributed by atoms with Crippen LogP contribution in [0.15, 0.2) is 18.2 Å². The monoisotopic (exact) mass is 261 g/mol. The first-order chi connectivity index (χ1) is 9.10. The van der Waals surface area contributed by atoms with Crippen LogP contribution in [-0.4, -0.2) is 25.1 Å².